The Hall–Kier alpha value is -5.26. The highest BCUT2D eigenvalue weighted by Gasteiger charge is 2.78. The van der Waals surface area contributed by atoms with Crippen molar-refractivity contribution in [3.05, 3.63) is 71.5 Å². The topological polar surface area (TPSA) is 132 Å². The van der Waals surface area contributed by atoms with E-state index >= 15 is 8.78 Å². The molecule has 15 heteroatoms. The molecule has 0 bridgehead atoms. The minimum Gasteiger partial charge on any atom is -0.444 e. The molecule has 49 heavy (non-hydrogen) atoms. The van der Waals surface area contributed by atoms with Crippen LogP contribution < -0.4 is 9.80 Å². The Morgan fingerprint density at radius 3 is 2.22 bits per heavy atom. The second kappa shape index (κ2) is 12.0. The summed E-state index contributed by atoms with van der Waals surface area (Å²) in [6, 6.07) is 6.59. The number of fused-ring (bicyclic) bond motifs is 1. The summed E-state index contributed by atoms with van der Waals surface area (Å²) >= 11 is 0. The highest BCUT2D eigenvalue weighted by atomic mass is 19.1. The molecule has 3 aromatic rings. The number of ether oxygens (including phenoxy) is 3. The van der Waals surface area contributed by atoms with Gasteiger partial charge < -0.3 is 28.5 Å². The third kappa shape index (κ3) is 6.47. The quantitative estimate of drug-likeness (QED) is 0.215. The molecule has 6 rings (SSSR count). The SMILES string of the molecule is [C-]#[N+]C1(c2ccc(-c3c(F)cc(N4C[C@H](CN(C(=O)OC(C)(C)C)c5ccon5)OC4=O)cc3F)cn2)[C@@H]2CN(C(=O)OC(C)(C)C)C[C@@H]21. The zero-order chi connectivity index (χ0) is 35.5. The van der Waals surface area contributed by atoms with Crippen LogP contribution in [-0.4, -0.2) is 76.8 Å². The van der Waals surface area contributed by atoms with Crippen molar-refractivity contribution >= 4 is 29.8 Å². The maximum absolute atomic E-state index is 15.5. The average molecular weight is 679 g/mol. The highest BCUT2D eigenvalue weighted by Crippen LogP contribution is 2.64. The maximum Gasteiger partial charge on any atom is 0.416 e. The van der Waals surface area contributed by atoms with Crippen molar-refractivity contribution in [1.82, 2.24) is 15.0 Å². The van der Waals surface area contributed by atoms with Crippen LogP contribution in [0, 0.1) is 30.0 Å². The van der Waals surface area contributed by atoms with Crippen LogP contribution in [-0.2, 0) is 19.7 Å². The van der Waals surface area contributed by atoms with Crippen LogP contribution in [0.1, 0.15) is 47.2 Å². The van der Waals surface area contributed by atoms with Crippen molar-refractivity contribution in [2.45, 2.75) is 64.4 Å². The largest absolute Gasteiger partial charge is 0.444 e. The Kier molecular flexibility index (Phi) is 8.24. The van der Waals surface area contributed by atoms with Gasteiger partial charge in [-0.05, 0) is 59.7 Å². The number of pyridine rings is 1. The monoisotopic (exact) mass is 678 g/mol. The average Bonchev–Trinajstić information content (AvgIpc) is 3.52. The molecule has 258 valence electrons. The number of rotatable bonds is 6. The lowest BCUT2D eigenvalue weighted by atomic mass is 10.0. The highest BCUT2D eigenvalue weighted by molar-refractivity contribution is 5.91. The molecule has 4 atom stereocenters. The number of hydrogen-bond acceptors (Lipinski definition) is 9. The van der Waals surface area contributed by atoms with Crippen LogP contribution in [0.2, 0.25) is 0 Å². The van der Waals surface area contributed by atoms with E-state index in [0.717, 1.165) is 21.9 Å². The van der Waals surface area contributed by atoms with E-state index in [9.17, 15) is 14.4 Å². The number of aromatic nitrogens is 2. The molecule has 3 fully saturated rings. The van der Waals surface area contributed by atoms with E-state index in [1.807, 2.05) is 0 Å². The minimum atomic E-state index is -0.935. The smallest absolute Gasteiger partial charge is 0.416 e. The Labute approximate surface area is 281 Å². The second-order valence-electron chi connectivity index (χ2n) is 14.3. The van der Waals surface area contributed by atoms with Crippen molar-refractivity contribution in [2.75, 3.05) is 36.0 Å². The van der Waals surface area contributed by atoms with E-state index in [0.29, 0.717) is 18.8 Å². The predicted molar refractivity (Wildman–Crippen MR) is 170 cm³/mol. The molecule has 3 aliphatic rings. The molecule has 0 radical (unpaired) electrons. The fraction of sp³-hybridized carbons (Fsp3) is 0.471. The van der Waals surface area contributed by atoms with Crippen molar-refractivity contribution in [3.8, 4) is 11.1 Å². The Bertz CT molecular complexity index is 1780. The fourth-order valence-electron chi connectivity index (χ4n) is 6.41. The predicted octanol–water partition coefficient (Wildman–Crippen LogP) is 6.39. The number of hydrogen-bond donors (Lipinski definition) is 0. The van der Waals surface area contributed by atoms with E-state index < -0.39 is 52.8 Å². The minimum absolute atomic E-state index is 0.0756. The summed E-state index contributed by atoms with van der Waals surface area (Å²) in [5, 5.41) is 3.79. The zero-order valence-electron chi connectivity index (χ0n) is 27.9. The van der Waals surface area contributed by atoms with E-state index in [-0.39, 0.29) is 47.6 Å². The van der Waals surface area contributed by atoms with Crippen LogP contribution >= 0.6 is 0 Å². The molecule has 0 N–H and O–H groups in total. The van der Waals surface area contributed by atoms with Gasteiger partial charge in [0.15, 0.2) is 5.82 Å². The van der Waals surface area contributed by atoms with Gasteiger partial charge in [-0.3, -0.25) is 14.8 Å². The molecule has 2 saturated heterocycles. The number of carbonyl (C=O) groups is 3. The van der Waals surface area contributed by atoms with Crippen molar-refractivity contribution in [1.29, 1.82) is 0 Å². The summed E-state index contributed by atoms with van der Waals surface area (Å²) in [6.07, 6.45) is -0.311. The van der Waals surface area contributed by atoms with Gasteiger partial charge in [0.25, 0.3) is 5.54 Å². The van der Waals surface area contributed by atoms with E-state index in [4.69, 9.17) is 25.3 Å². The number of amides is 3. The first-order valence-corrected chi connectivity index (χ1v) is 15.7. The number of benzene rings is 1. The van der Waals surface area contributed by atoms with Gasteiger partial charge >= 0.3 is 18.3 Å². The first kappa shape index (κ1) is 33.6. The summed E-state index contributed by atoms with van der Waals surface area (Å²) < 4.78 is 52.3. The van der Waals surface area contributed by atoms with Crippen LogP contribution in [0.4, 0.5) is 34.7 Å². The zero-order valence-corrected chi connectivity index (χ0v) is 27.9. The molecule has 2 aromatic heterocycles. The molecule has 1 aliphatic carbocycles. The first-order valence-electron chi connectivity index (χ1n) is 15.7. The molecule has 2 aliphatic heterocycles. The summed E-state index contributed by atoms with van der Waals surface area (Å²) in [5.41, 5.74) is -2.17. The summed E-state index contributed by atoms with van der Waals surface area (Å²) in [5.74, 6) is -1.98. The number of piperidine rings is 1. The molecule has 13 nitrogen and oxygen atoms in total. The van der Waals surface area contributed by atoms with Gasteiger partial charge in [-0.25, -0.2) is 29.7 Å². The van der Waals surface area contributed by atoms with E-state index in [1.54, 1.807) is 52.5 Å². The standard InChI is InChI=1S/C34H36F2N6O7/c1-32(2,3)48-29(43)40-17-22-23(18-40)34(22,37-7)26-9-8-19(14-38-26)28-24(35)12-20(13-25(28)36)41-15-21(47-30(41)44)16-42(27-10-11-46-39-27)31(45)49-33(4,5)6/h8-14,21-23H,15-18H2,1-6H3/t21-,22-,23+,34?/m1/s1. The van der Waals surface area contributed by atoms with Gasteiger partial charge in [0, 0.05) is 30.9 Å². The number of halogens is 2. The summed E-state index contributed by atoms with van der Waals surface area (Å²) in [6.45, 7) is 18.8. The van der Waals surface area contributed by atoms with Gasteiger partial charge in [-0.15, -0.1) is 0 Å². The molecular formula is C34H36F2N6O7. The fourth-order valence-corrected chi connectivity index (χ4v) is 6.41. The lowest BCUT2D eigenvalue weighted by Gasteiger charge is -2.26. The van der Waals surface area contributed by atoms with Gasteiger partial charge in [-0.2, -0.15) is 0 Å². The van der Waals surface area contributed by atoms with E-state index in [2.05, 4.69) is 15.0 Å². The number of cyclic esters (lactones) is 1. The molecule has 4 heterocycles. The normalized spacial score (nSPS) is 23.1. The molecule has 1 aromatic carbocycles. The Morgan fingerprint density at radius 2 is 1.69 bits per heavy atom. The number of nitrogens with zero attached hydrogens (tertiary/aromatic N) is 6. The van der Waals surface area contributed by atoms with Gasteiger partial charge in [0.1, 0.15) is 40.9 Å². The summed E-state index contributed by atoms with van der Waals surface area (Å²) in [7, 11) is 0. The van der Waals surface area contributed by atoms with E-state index in [1.165, 1.54) is 24.6 Å². The first-order chi connectivity index (χ1) is 23.0. The van der Waals surface area contributed by atoms with Gasteiger partial charge in [-0.1, -0.05) is 11.2 Å². The summed E-state index contributed by atoms with van der Waals surface area (Å²) in [4.78, 5) is 50.4. The molecule has 3 amide bonds. The number of carbonyl (C=O) groups excluding carboxylic acids is 3. The van der Waals surface area contributed by atoms with Crippen LogP contribution in [0.3, 0.4) is 0 Å². The third-order valence-electron chi connectivity index (χ3n) is 8.55. The lowest BCUT2D eigenvalue weighted by Crippen LogP contribution is -2.42. The van der Waals surface area contributed by atoms with Crippen LogP contribution in [0.15, 0.2) is 47.3 Å². The molecular weight excluding hydrogens is 642 g/mol. The van der Waals surface area contributed by atoms with Crippen molar-refractivity contribution < 1.29 is 41.9 Å². The van der Waals surface area contributed by atoms with Crippen LogP contribution in [0.25, 0.3) is 16.0 Å². The van der Waals surface area contributed by atoms with Crippen LogP contribution in [0.5, 0.6) is 0 Å². The lowest BCUT2D eigenvalue weighted by molar-refractivity contribution is 0.0264. The van der Waals surface area contributed by atoms with Crippen molar-refractivity contribution in [3.63, 3.8) is 0 Å². The number of likely N-dealkylation sites (tertiary alicyclic amines) is 1. The Balaban J connectivity index is 1.15. The second-order valence-corrected chi connectivity index (χ2v) is 14.3. The van der Waals surface area contributed by atoms with Gasteiger partial charge in [0.05, 0.1) is 36.2 Å². The number of anilines is 2. The molecule has 1 saturated carbocycles. The van der Waals surface area contributed by atoms with Gasteiger partial charge in [0.2, 0.25) is 0 Å². The Morgan fingerprint density at radius 1 is 1.04 bits per heavy atom. The van der Waals surface area contributed by atoms with Crippen molar-refractivity contribution in [2.24, 2.45) is 11.8 Å². The third-order valence-corrected chi connectivity index (χ3v) is 8.55. The maximum atomic E-state index is 15.5. The molecule has 1 unspecified atom stereocenters. The molecule has 0 spiro atoms.